The van der Waals surface area contributed by atoms with Crippen LogP contribution in [0.3, 0.4) is 0 Å². The van der Waals surface area contributed by atoms with E-state index in [0.29, 0.717) is 10.2 Å². The van der Waals surface area contributed by atoms with Crippen LogP contribution >= 0.6 is 15.9 Å². The SMILES string of the molecule is CC(C)NC(=O)COc1cc(F)cc(Br)c1. The highest BCUT2D eigenvalue weighted by Gasteiger charge is 2.05. The van der Waals surface area contributed by atoms with E-state index in [1.165, 1.54) is 12.1 Å². The van der Waals surface area contributed by atoms with Crippen LogP contribution in [0.25, 0.3) is 0 Å². The summed E-state index contributed by atoms with van der Waals surface area (Å²) in [5.74, 6) is -0.310. The third-order valence-corrected chi connectivity index (χ3v) is 2.11. The lowest BCUT2D eigenvalue weighted by Gasteiger charge is -2.09. The van der Waals surface area contributed by atoms with Gasteiger partial charge in [-0.1, -0.05) is 15.9 Å². The molecule has 0 heterocycles. The minimum atomic E-state index is -0.409. The molecule has 0 unspecified atom stereocenters. The molecule has 3 nitrogen and oxygen atoms in total. The van der Waals surface area contributed by atoms with Gasteiger partial charge in [-0.3, -0.25) is 4.79 Å². The first kappa shape index (κ1) is 13.0. The first-order valence-electron chi connectivity index (χ1n) is 4.85. The molecular formula is C11H13BrFNO2. The summed E-state index contributed by atoms with van der Waals surface area (Å²) in [7, 11) is 0. The number of hydrogen-bond donors (Lipinski definition) is 1. The van der Waals surface area contributed by atoms with E-state index in [9.17, 15) is 9.18 Å². The summed E-state index contributed by atoms with van der Waals surface area (Å²) in [5, 5.41) is 2.67. The van der Waals surface area contributed by atoms with Gasteiger partial charge in [0.25, 0.3) is 5.91 Å². The summed E-state index contributed by atoms with van der Waals surface area (Å²) < 4.78 is 18.7. The van der Waals surface area contributed by atoms with E-state index in [0.717, 1.165) is 0 Å². The Labute approximate surface area is 102 Å². The molecule has 0 spiro atoms. The van der Waals surface area contributed by atoms with Gasteiger partial charge in [0.1, 0.15) is 11.6 Å². The van der Waals surface area contributed by atoms with E-state index in [-0.39, 0.29) is 18.6 Å². The minimum absolute atomic E-state index is 0.0651. The molecule has 0 aliphatic heterocycles. The van der Waals surface area contributed by atoms with Gasteiger partial charge in [-0.15, -0.1) is 0 Å². The summed E-state index contributed by atoms with van der Waals surface area (Å²) >= 11 is 3.14. The summed E-state index contributed by atoms with van der Waals surface area (Å²) in [6, 6.07) is 4.22. The fraction of sp³-hybridized carbons (Fsp3) is 0.364. The van der Waals surface area contributed by atoms with Crippen molar-refractivity contribution in [3.8, 4) is 5.75 Å². The zero-order valence-corrected chi connectivity index (χ0v) is 10.7. The highest BCUT2D eigenvalue weighted by molar-refractivity contribution is 9.10. The van der Waals surface area contributed by atoms with Gasteiger partial charge in [0.15, 0.2) is 6.61 Å². The topological polar surface area (TPSA) is 38.3 Å². The van der Waals surface area contributed by atoms with Gasteiger partial charge in [0, 0.05) is 16.6 Å². The van der Waals surface area contributed by atoms with Crippen molar-refractivity contribution in [2.75, 3.05) is 6.61 Å². The molecule has 1 aromatic rings. The Morgan fingerprint density at radius 3 is 2.75 bits per heavy atom. The molecule has 1 aromatic carbocycles. The van der Waals surface area contributed by atoms with E-state index in [4.69, 9.17) is 4.74 Å². The van der Waals surface area contributed by atoms with Gasteiger partial charge >= 0.3 is 0 Å². The van der Waals surface area contributed by atoms with Crippen molar-refractivity contribution >= 4 is 21.8 Å². The van der Waals surface area contributed by atoms with Crippen LogP contribution < -0.4 is 10.1 Å². The molecule has 1 N–H and O–H groups in total. The lowest BCUT2D eigenvalue weighted by Crippen LogP contribution is -2.34. The van der Waals surface area contributed by atoms with Crippen LogP contribution in [0.4, 0.5) is 4.39 Å². The molecule has 0 aliphatic rings. The van der Waals surface area contributed by atoms with Crippen LogP contribution in [0.1, 0.15) is 13.8 Å². The van der Waals surface area contributed by atoms with Crippen molar-refractivity contribution in [3.63, 3.8) is 0 Å². The molecule has 1 rings (SSSR count). The molecule has 16 heavy (non-hydrogen) atoms. The number of carbonyl (C=O) groups excluding carboxylic acids is 1. The quantitative estimate of drug-likeness (QED) is 0.925. The monoisotopic (exact) mass is 289 g/mol. The van der Waals surface area contributed by atoms with E-state index < -0.39 is 5.82 Å². The Morgan fingerprint density at radius 1 is 1.50 bits per heavy atom. The summed E-state index contributed by atoms with van der Waals surface area (Å²) in [6.07, 6.45) is 0. The smallest absolute Gasteiger partial charge is 0.258 e. The van der Waals surface area contributed by atoms with Crippen LogP contribution in [0.5, 0.6) is 5.75 Å². The third-order valence-electron chi connectivity index (χ3n) is 1.66. The minimum Gasteiger partial charge on any atom is -0.484 e. The lowest BCUT2D eigenvalue weighted by atomic mass is 10.3. The van der Waals surface area contributed by atoms with Gasteiger partial charge in [0.05, 0.1) is 0 Å². The molecular weight excluding hydrogens is 277 g/mol. The van der Waals surface area contributed by atoms with Crippen molar-refractivity contribution in [1.29, 1.82) is 0 Å². The van der Waals surface area contributed by atoms with Gasteiger partial charge in [-0.25, -0.2) is 4.39 Å². The molecule has 5 heteroatoms. The Balaban J connectivity index is 2.51. The predicted octanol–water partition coefficient (Wildman–Crippen LogP) is 2.49. The van der Waals surface area contributed by atoms with E-state index in [1.807, 2.05) is 13.8 Å². The zero-order chi connectivity index (χ0) is 12.1. The Morgan fingerprint density at radius 2 is 2.19 bits per heavy atom. The number of halogens is 2. The van der Waals surface area contributed by atoms with E-state index >= 15 is 0 Å². The van der Waals surface area contributed by atoms with Crippen LogP contribution in [0, 0.1) is 5.82 Å². The molecule has 0 atom stereocenters. The number of ether oxygens (including phenoxy) is 1. The molecule has 0 bridgehead atoms. The molecule has 0 saturated heterocycles. The number of rotatable bonds is 4. The number of benzene rings is 1. The highest BCUT2D eigenvalue weighted by Crippen LogP contribution is 2.20. The fourth-order valence-electron chi connectivity index (χ4n) is 1.12. The van der Waals surface area contributed by atoms with Crippen LogP contribution in [-0.4, -0.2) is 18.6 Å². The standard InChI is InChI=1S/C11H13BrFNO2/c1-7(2)14-11(15)6-16-10-4-8(12)3-9(13)5-10/h3-5,7H,6H2,1-2H3,(H,14,15). The van der Waals surface area contributed by atoms with Crippen molar-refractivity contribution in [2.24, 2.45) is 0 Å². The maximum Gasteiger partial charge on any atom is 0.258 e. The molecule has 0 aromatic heterocycles. The molecule has 0 radical (unpaired) electrons. The lowest BCUT2D eigenvalue weighted by molar-refractivity contribution is -0.123. The Hall–Kier alpha value is -1.10. The molecule has 0 aliphatic carbocycles. The van der Waals surface area contributed by atoms with E-state index in [1.54, 1.807) is 6.07 Å². The third kappa shape index (κ3) is 4.61. The maximum absolute atomic E-state index is 13.0. The van der Waals surface area contributed by atoms with Crippen LogP contribution in [0.2, 0.25) is 0 Å². The summed E-state index contributed by atoms with van der Waals surface area (Å²) in [6.45, 7) is 3.60. The molecule has 0 saturated carbocycles. The average molecular weight is 290 g/mol. The fourth-order valence-corrected chi connectivity index (χ4v) is 1.57. The average Bonchev–Trinajstić information content (AvgIpc) is 2.12. The second-order valence-corrected chi connectivity index (χ2v) is 4.53. The van der Waals surface area contributed by atoms with Crippen molar-refractivity contribution in [2.45, 2.75) is 19.9 Å². The van der Waals surface area contributed by atoms with Crippen LogP contribution in [-0.2, 0) is 4.79 Å². The van der Waals surface area contributed by atoms with Gasteiger partial charge in [-0.05, 0) is 26.0 Å². The molecule has 88 valence electrons. The van der Waals surface area contributed by atoms with Gasteiger partial charge in [-0.2, -0.15) is 0 Å². The molecule has 0 fully saturated rings. The Bertz CT molecular complexity index is 362. The van der Waals surface area contributed by atoms with Crippen LogP contribution in [0.15, 0.2) is 22.7 Å². The zero-order valence-electron chi connectivity index (χ0n) is 9.09. The summed E-state index contributed by atoms with van der Waals surface area (Å²) in [5.41, 5.74) is 0. The normalized spacial score (nSPS) is 10.3. The number of nitrogens with one attached hydrogen (secondary N) is 1. The number of hydrogen-bond acceptors (Lipinski definition) is 2. The second kappa shape index (κ2) is 5.84. The number of amides is 1. The summed E-state index contributed by atoms with van der Waals surface area (Å²) in [4.78, 5) is 11.3. The predicted molar refractivity (Wildman–Crippen MR) is 62.9 cm³/mol. The van der Waals surface area contributed by atoms with E-state index in [2.05, 4.69) is 21.2 Å². The maximum atomic E-state index is 13.0. The molecule has 1 amide bonds. The highest BCUT2D eigenvalue weighted by atomic mass is 79.9. The van der Waals surface area contributed by atoms with Crippen molar-refractivity contribution < 1.29 is 13.9 Å². The number of carbonyl (C=O) groups is 1. The first-order valence-corrected chi connectivity index (χ1v) is 5.65. The van der Waals surface area contributed by atoms with Gasteiger partial charge < -0.3 is 10.1 Å². The first-order chi connectivity index (χ1) is 7.47. The van der Waals surface area contributed by atoms with Crippen molar-refractivity contribution in [1.82, 2.24) is 5.32 Å². The largest absolute Gasteiger partial charge is 0.484 e. The second-order valence-electron chi connectivity index (χ2n) is 3.62. The van der Waals surface area contributed by atoms with Crippen molar-refractivity contribution in [3.05, 3.63) is 28.5 Å². The van der Waals surface area contributed by atoms with Gasteiger partial charge in [0.2, 0.25) is 0 Å². The Kier molecular flexibility index (Phi) is 4.73.